The molecule has 3 nitrogen and oxygen atoms in total. The van der Waals surface area contributed by atoms with E-state index in [1.165, 1.54) is 12.1 Å². The Morgan fingerprint density at radius 1 is 1.12 bits per heavy atom. The molecule has 0 aliphatic carbocycles. The quantitative estimate of drug-likeness (QED) is 0.586. The van der Waals surface area contributed by atoms with Crippen molar-refractivity contribution < 1.29 is 17.9 Å². The molecule has 6 heteroatoms. The van der Waals surface area contributed by atoms with E-state index < -0.39 is 11.7 Å². The van der Waals surface area contributed by atoms with E-state index in [9.17, 15) is 13.2 Å². The summed E-state index contributed by atoms with van der Waals surface area (Å²) in [5, 5.41) is 3.95. The average molecular weight is 362 g/mol. The number of aromatic amines is 1. The molecule has 0 atom stereocenters. The molecular weight excluding hydrogens is 341 g/mol. The van der Waals surface area contributed by atoms with E-state index in [-0.39, 0.29) is 0 Å². The zero-order valence-electron chi connectivity index (χ0n) is 14.5. The first-order chi connectivity index (χ1) is 12.5. The highest BCUT2D eigenvalue weighted by molar-refractivity contribution is 5.84. The Morgan fingerprint density at radius 3 is 2.73 bits per heavy atom. The van der Waals surface area contributed by atoms with E-state index in [2.05, 4.69) is 10.3 Å². The van der Waals surface area contributed by atoms with Crippen molar-refractivity contribution in [1.82, 2.24) is 10.3 Å². The van der Waals surface area contributed by atoms with Gasteiger partial charge < -0.3 is 15.0 Å². The van der Waals surface area contributed by atoms with Crippen LogP contribution in [0.4, 0.5) is 13.2 Å². The lowest BCUT2D eigenvalue weighted by Crippen LogP contribution is -2.16. The minimum Gasteiger partial charge on any atom is -0.494 e. The highest BCUT2D eigenvalue weighted by atomic mass is 19.4. The molecule has 0 bridgehead atoms. The predicted octanol–water partition coefficient (Wildman–Crippen LogP) is 4.92. The van der Waals surface area contributed by atoms with Crippen LogP contribution in [-0.2, 0) is 19.1 Å². The predicted molar refractivity (Wildman–Crippen MR) is 96.3 cm³/mol. The van der Waals surface area contributed by atoms with Gasteiger partial charge in [-0.3, -0.25) is 0 Å². The van der Waals surface area contributed by atoms with Crippen molar-refractivity contribution in [3.05, 3.63) is 65.4 Å². The first-order valence-corrected chi connectivity index (χ1v) is 8.57. The van der Waals surface area contributed by atoms with Crippen LogP contribution >= 0.6 is 0 Å². The van der Waals surface area contributed by atoms with Crippen LogP contribution in [0.2, 0.25) is 0 Å². The number of fused-ring (bicyclic) bond motifs is 1. The third-order valence-electron chi connectivity index (χ3n) is 4.20. The maximum absolute atomic E-state index is 12.9. The SMILES string of the molecule is CCOc1cccc(CNCCc2c[nH]c3ccc(C(F)(F)F)cc23)c1. The normalized spacial score (nSPS) is 11.8. The topological polar surface area (TPSA) is 37.0 Å². The summed E-state index contributed by atoms with van der Waals surface area (Å²) in [4.78, 5) is 3.04. The van der Waals surface area contributed by atoms with Crippen LogP contribution in [0.15, 0.2) is 48.7 Å². The lowest BCUT2D eigenvalue weighted by atomic mass is 10.1. The zero-order valence-corrected chi connectivity index (χ0v) is 14.5. The summed E-state index contributed by atoms with van der Waals surface area (Å²) in [7, 11) is 0. The second kappa shape index (κ2) is 7.83. The van der Waals surface area contributed by atoms with Gasteiger partial charge in [0.1, 0.15) is 5.75 Å². The highest BCUT2D eigenvalue weighted by Gasteiger charge is 2.30. The molecule has 26 heavy (non-hydrogen) atoms. The Kier molecular flexibility index (Phi) is 5.52. The van der Waals surface area contributed by atoms with Crippen molar-refractivity contribution in [2.45, 2.75) is 26.1 Å². The highest BCUT2D eigenvalue weighted by Crippen LogP contribution is 2.32. The van der Waals surface area contributed by atoms with Crippen LogP contribution in [0, 0.1) is 0 Å². The molecule has 0 amide bonds. The van der Waals surface area contributed by atoms with Gasteiger partial charge in [-0.1, -0.05) is 12.1 Å². The van der Waals surface area contributed by atoms with Crippen molar-refractivity contribution in [3.8, 4) is 5.75 Å². The molecule has 0 radical (unpaired) electrons. The van der Waals surface area contributed by atoms with Crippen molar-refractivity contribution in [1.29, 1.82) is 0 Å². The number of aromatic nitrogens is 1. The molecule has 0 fully saturated rings. The van der Waals surface area contributed by atoms with Crippen molar-refractivity contribution >= 4 is 10.9 Å². The Labute approximate surface area is 150 Å². The van der Waals surface area contributed by atoms with E-state index in [0.29, 0.717) is 31.5 Å². The second-order valence-electron chi connectivity index (χ2n) is 6.08. The summed E-state index contributed by atoms with van der Waals surface area (Å²) in [6.45, 7) is 3.91. The molecule has 0 unspecified atom stereocenters. The number of nitrogens with one attached hydrogen (secondary N) is 2. The van der Waals surface area contributed by atoms with Gasteiger partial charge in [0.25, 0.3) is 0 Å². The fraction of sp³-hybridized carbons (Fsp3) is 0.300. The molecule has 0 aliphatic heterocycles. The van der Waals surface area contributed by atoms with Gasteiger partial charge in [-0.2, -0.15) is 13.2 Å². The Balaban J connectivity index is 1.60. The number of H-pyrrole nitrogens is 1. The maximum Gasteiger partial charge on any atom is 0.416 e. The summed E-state index contributed by atoms with van der Waals surface area (Å²) < 4.78 is 44.2. The number of hydrogen-bond donors (Lipinski definition) is 2. The van der Waals surface area contributed by atoms with Gasteiger partial charge in [0.15, 0.2) is 0 Å². The van der Waals surface area contributed by atoms with Crippen LogP contribution < -0.4 is 10.1 Å². The Morgan fingerprint density at radius 2 is 1.96 bits per heavy atom. The smallest absolute Gasteiger partial charge is 0.416 e. The summed E-state index contributed by atoms with van der Waals surface area (Å²) in [6.07, 6.45) is -1.90. The van der Waals surface area contributed by atoms with E-state index in [1.54, 1.807) is 6.20 Å². The molecular formula is C20H21F3N2O. The van der Waals surface area contributed by atoms with Crippen LogP contribution in [-0.4, -0.2) is 18.1 Å². The molecule has 3 aromatic rings. The van der Waals surface area contributed by atoms with Gasteiger partial charge in [0, 0.05) is 23.6 Å². The van der Waals surface area contributed by atoms with Crippen LogP contribution in [0.5, 0.6) is 5.75 Å². The molecule has 2 N–H and O–H groups in total. The van der Waals surface area contributed by atoms with Gasteiger partial charge in [0.05, 0.1) is 12.2 Å². The first-order valence-electron chi connectivity index (χ1n) is 8.57. The van der Waals surface area contributed by atoms with Gasteiger partial charge in [-0.25, -0.2) is 0 Å². The number of alkyl halides is 3. The molecule has 1 aromatic heterocycles. The monoisotopic (exact) mass is 362 g/mol. The minimum absolute atomic E-state index is 0.619. The molecule has 3 rings (SSSR count). The average Bonchev–Trinajstić information content (AvgIpc) is 3.01. The number of rotatable bonds is 7. The number of halogens is 3. The number of benzene rings is 2. The molecule has 2 aromatic carbocycles. The van der Waals surface area contributed by atoms with Crippen molar-refractivity contribution in [2.75, 3.05) is 13.2 Å². The van der Waals surface area contributed by atoms with Crippen LogP contribution in [0.1, 0.15) is 23.6 Å². The van der Waals surface area contributed by atoms with Crippen LogP contribution in [0.3, 0.4) is 0 Å². The fourth-order valence-corrected chi connectivity index (χ4v) is 2.93. The van der Waals surface area contributed by atoms with Gasteiger partial charge in [-0.15, -0.1) is 0 Å². The molecule has 0 aliphatic rings. The lowest BCUT2D eigenvalue weighted by molar-refractivity contribution is -0.137. The second-order valence-corrected chi connectivity index (χ2v) is 6.08. The summed E-state index contributed by atoms with van der Waals surface area (Å²) >= 11 is 0. The largest absolute Gasteiger partial charge is 0.494 e. The fourth-order valence-electron chi connectivity index (χ4n) is 2.93. The molecule has 1 heterocycles. The van der Waals surface area contributed by atoms with Crippen molar-refractivity contribution in [3.63, 3.8) is 0 Å². The van der Waals surface area contributed by atoms with E-state index in [1.807, 2.05) is 31.2 Å². The maximum atomic E-state index is 12.9. The standard InChI is InChI=1S/C20H21F3N2O/c1-2-26-17-5-3-4-14(10-17)12-24-9-8-15-13-25-19-7-6-16(11-18(15)19)20(21,22)23/h3-7,10-11,13,24-25H,2,8-9,12H2,1H3. The van der Waals surface area contributed by atoms with Gasteiger partial charge in [0.2, 0.25) is 0 Å². The number of ether oxygens (including phenoxy) is 1. The number of hydrogen-bond acceptors (Lipinski definition) is 2. The van der Waals surface area contributed by atoms with E-state index in [0.717, 1.165) is 28.5 Å². The van der Waals surface area contributed by atoms with E-state index in [4.69, 9.17) is 4.74 Å². The molecule has 0 saturated carbocycles. The third kappa shape index (κ3) is 4.38. The Bertz CT molecular complexity index is 871. The summed E-state index contributed by atoms with van der Waals surface area (Å²) in [5.74, 6) is 0.836. The zero-order chi connectivity index (χ0) is 18.6. The third-order valence-corrected chi connectivity index (χ3v) is 4.20. The van der Waals surface area contributed by atoms with Gasteiger partial charge in [-0.05, 0) is 61.3 Å². The first kappa shape index (κ1) is 18.3. The minimum atomic E-state index is -4.33. The van der Waals surface area contributed by atoms with E-state index >= 15 is 0 Å². The molecule has 0 saturated heterocycles. The summed E-state index contributed by atoms with van der Waals surface area (Å²) in [5.41, 5.74) is 2.08. The molecule has 0 spiro atoms. The van der Waals surface area contributed by atoms with Crippen LogP contribution in [0.25, 0.3) is 10.9 Å². The summed E-state index contributed by atoms with van der Waals surface area (Å²) in [6, 6.07) is 11.7. The lowest BCUT2D eigenvalue weighted by Gasteiger charge is -2.08. The van der Waals surface area contributed by atoms with Crippen molar-refractivity contribution in [2.24, 2.45) is 0 Å². The van der Waals surface area contributed by atoms with Gasteiger partial charge >= 0.3 is 6.18 Å². The Hall–Kier alpha value is -2.47. The molecule has 138 valence electrons.